The molecule has 19 heavy (non-hydrogen) atoms. The minimum Gasteiger partial charge on any atom is -0.337 e. The number of benzene rings is 1. The zero-order valence-electron chi connectivity index (χ0n) is 11.2. The van der Waals surface area contributed by atoms with Crippen molar-refractivity contribution >= 4 is 33.6 Å². The van der Waals surface area contributed by atoms with Crippen LogP contribution in [0.1, 0.15) is 26.5 Å². The van der Waals surface area contributed by atoms with Gasteiger partial charge < -0.3 is 4.98 Å². The third-order valence-electron chi connectivity index (χ3n) is 3.24. The van der Waals surface area contributed by atoms with Crippen LogP contribution in [0.2, 0.25) is 0 Å². The van der Waals surface area contributed by atoms with Gasteiger partial charge in [0.05, 0.1) is 0 Å². The van der Waals surface area contributed by atoms with Gasteiger partial charge in [-0.05, 0) is 47.2 Å². The number of thiophene rings is 1. The quantitative estimate of drug-likeness (QED) is 0.622. The number of H-pyrrole nitrogens is 1. The molecule has 0 fully saturated rings. The molecule has 0 aliphatic rings. The number of hydrogen-bond acceptors (Lipinski definition) is 2. The van der Waals surface area contributed by atoms with Gasteiger partial charge >= 0.3 is 0 Å². The highest BCUT2D eigenvalue weighted by atomic mass is 32.1. The molecule has 0 spiro atoms. The molecule has 2 nitrogen and oxygen atoms in total. The average molecular weight is 288 g/mol. The van der Waals surface area contributed by atoms with Gasteiger partial charge in [0.1, 0.15) is 0 Å². The van der Waals surface area contributed by atoms with Crippen molar-refractivity contribution in [1.82, 2.24) is 9.55 Å². The fourth-order valence-corrected chi connectivity index (χ4v) is 3.30. The summed E-state index contributed by atoms with van der Waals surface area (Å²) in [5, 5.41) is 3.39. The lowest BCUT2D eigenvalue weighted by molar-refractivity contribution is 0.556. The fraction of sp³-hybridized carbons (Fsp3) is 0.267. The zero-order valence-corrected chi connectivity index (χ0v) is 12.9. The molecular weight excluding hydrogens is 272 g/mol. The molecule has 2 heterocycles. The summed E-state index contributed by atoms with van der Waals surface area (Å²) in [4.78, 5) is 3.16. The van der Waals surface area contributed by atoms with Gasteiger partial charge in [0.15, 0.2) is 4.77 Å². The average Bonchev–Trinajstić information content (AvgIpc) is 2.92. The van der Waals surface area contributed by atoms with E-state index in [1.807, 2.05) is 6.20 Å². The molecule has 0 aliphatic carbocycles. The Bertz CT molecular complexity index is 784. The van der Waals surface area contributed by atoms with Gasteiger partial charge in [0, 0.05) is 27.7 Å². The number of hydrogen-bond donors (Lipinski definition) is 1. The Morgan fingerprint density at radius 3 is 2.74 bits per heavy atom. The number of aromatic amines is 1. The van der Waals surface area contributed by atoms with Crippen LogP contribution in [0.4, 0.5) is 0 Å². The summed E-state index contributed by atoms with van der Waals surface area (Å²) in [5.74, 6) is 0. The highest BCUT2D eigenvalue weighted by Crippen LogP contribution is 2.28. The van der Waals surface area contributed by atoms with E-state index < -0.39 is 0 Å². The van der Waals surface area contributed by atoms with Crippen LogP contribution in [0.3, 0.4) is 0 Å². The maximum Gasteiger partial charge on any atom is 0.182 e. The molecule has 98 valence electrons. The highest BCUT2D eigenvalue weighted by Gasteiger charge is 2.20. The number of fused-ring (bicyclic) bond motifs is 1. The van der Waals surface area contributed by atoms with Crippen LogP contribution in [0.15, 0.2) is 35.8 Å². The smallest absolute Gasteiger partial charge is 0.182 e. The van der Waals surface area contributed by atoms with Crippen molar-refractivity contribution in [2.24, 2.45) is 0 Å². The van der Waals surface area contributed by atoms with Crippen LogP contribution >= 0.6 is 23.6 Å². The Labute approximate surface area is 121 Å². The Morgan fingerprint density at radius 2 is 2.00 bits per heavy atom. The molecule has 0 unspecified atom stereocenters. The number of aromatic nitrogens is 2. The number of imidazole rings is 1. The number of rotatable bonds is 1. The second-order valence-electron chi connectivity index (χ2n) is 5.71. The topological polar surface area (TPSA) is 20.7 Å². The molecule has 1 N–H and O–H groups in total. The van der Waals surface area contributed by atoms with Crippen LogP contribution in [0, 0.1) is 4.77 Å². The second-order valence-corrected chi connectivity index (χ2v) is 7.04. The lowest BCUT2D eigenvalue weighted by atomic mass is 9.92. The molecule has 3 rings (SSSR count). The van der Waals surface area contributed by atoms with E-state index in [0.29, 0.717) is 0 Å². The van der Waals surface area contributed by atoms with E-state index in [0.717, 1.165) is 10.5 Å². The van der Waals surface area contributed by atoms with Crippen molar-refractivity contribution in [3.63, 3.8) is 0 Å². The van der Waals surface area contributed by atoms with Crippen molar-refractivity contribution in [1.29, 1.82) is 0 Å². The van der Waals surface area contributed by atoms with E-state index in [1.165, 1.54) is 15.8 Å². The van der Waals surface area contributed by atoms with Crippen LogP contribution in [-0.4, -0.2) is 9.55 Å². The SMILES string of the molecule is CC(C)(C)c1c[nH]c(=S)n1-c1ccc2sccc2c1. The van der Waals surface area contributed by atoms with Crippen molar-refractivity contribution in [3.05, 3.63) is 46.3 Å². The Balaban J connectivity index is 2.26. The Kier molecular flexibility index (Phi) is 2.87. The second kappa shape index (κ2) is 4.32. The molecule has 1 aromatic carbocycles. The summed E-state index contributed by atoms with van der Waals surface area (Å²) in [7, 11) is 0. The van der Waals surface area contributed by atoms with Crippen LogP contribution in [0.5, 0.6) is 0 Å². The summed E-state index contributed by atoms with van der Waals surface area (Å²) < 4.78 is 4.19. The van der Waals surface area contributed by atoms with E-state index in [9.17, 15) is 0 Å². The van der Waals surface area contributed by atoms with Gasteiger partial charge in [0.25, 0.3) is 0 Å². The molecule has 3 aromatic rings. The van der Waals surface area contributed by atoms with Gasteiger partial charge in [-0.2, -0.15) is 0 Å². The lowest BCUT2D eigenvalue weighted by Crippen LogP contribution is -2.16. The molecule has 4 heteroatoms. The first-order valence-corrected chi connectivity index (χ1v) is 7.54. The van der Waals surface area contributed by atoms with E-state index in [4.69, 9.17) is 12.2 Å². The van der Waals surface area contributed by atoms with Crippen molar-refractivity contribution in [2.45, 2.75) is 26.2 Å². The highest BCUT2D eigenvalue weighted by molar-refractivity contribution is 7.71. The predicted octanol–water partition coefficient (Wildman–Crippen LogP) is 5.05. The molecule has 0 aliphatic heterocycles. The largest absolute Gasteiger partial charge is 0.337 e. The molecule has 0 saturated carbocycles. The number of nitrogens with zero attached hydrogens (tertiary/aromatic N) is 1. The van der Waals surface area contributed by atoms with E-state index in [2.05, 4.69) is 60.0 Å². The monoisotopic (exact) mass is 288 g/mol. The van der Waals surface area contributed by atoms with Crippen molar-refractivity contribution < 1.29 is 0 Å². The molecule has 0 amide bonds. The molecule has 2 aromatic heterocycles. The fourth-order valence-electron chi connectivity index (χ4n) is 2.27. The minimum absolute atomic E-state index is 0.0527. The molecule has 0 atom stereocenters. The summed E-state index contributed by atoms with van der Waals surface area (Å²) in [6, 6.07) is 8.65. The zero-order chi connectivity index (χ0) is 13.6. The third-order valence-corrected chi connectivity index (χ3v) is 4.44. The van der Waals surface area contributed by atoms with Gasteiger partial charge in [-0.1, -0.05) is 20.8 Å². The maximum atomic E-state index is 5.44. The predicted molar refractivity (Wildman–Crippen MR) is 85.0 cm³/mol. The molecule has 0 saturated heterocycles. The summed E-state index contributed by atoms with van der Waals surface area (Å²) in [6.45, 7) is 6.60. The van der Waals surface area contributed by atoms with Crippen molar-refractivity contribution in [3.8, 4) is 5.69 Å². The summed E-state index contributed by atoms with van der Waals surface area (Å²) in [5.41, 5.74) is 2.38. The molecule has 0 bridgehead atoms. The Morgan fingerprint density at radius 1 is 1.21 bits per heavy atom. The third kappa shape index (κ3) is 2.15. The van der Waals surface area contributed by atoms with Gasteiger partial charge in [-0.15, -0.1) is 11.3 Å². The normalized spacial score (nSPS) is 12.2. The van der Waals surface area contributed by atoms with Crippen molar-refractivity contribution in [2.75, 3.05) is 0 Å². The van der Waals surface area contributed by atoms with E-state index in [1.54, 1.807) is 11.3 Å². The standard InChI is InChI=1S/C15H16N2S2/c1-15(2,3)13-9-16-14(18)17(13)11-4-5-12-10(8-11)6-7-19-12/h4-9H,1-3H3,(H,16,18). The maximum absolute atomic E-state index is 5.44. The Hall–Kier alpha value is -1.39. The van der Waals surface area contributed by atoms with Crippen LogP contribution in [-0.2, 0) is 5.41 Å². The van der Waals surface area contributed by atoms with Crippen LogP contribution in [0.25, 0.3) is 15.8 Å². The number of nitrogens with one attached hydrogen (secondary N) is 1. The van der Waals surface area contributed by atoms with Gasteiger partial charge in [-0.3, -0.25) is 4.57 Å². The minimum atomic E-state index is 0.0527. The summed E-state index contributed by atoms with van der Waals surface area (Å²) >= 11 is 7.20. The first kappa shape index (κ1) is 12.6. The molecule has 0 radical (unpaired) electrons. The molecular formula is C15H16N2S2. The van der Waals surface area contributed by atoms with E-state index >= 15 is 0 Å². The van der Waals surface area contributed by atoms with E-state index in [-0.39, 0.29) is 5.41 Å². The van der Waals surface area contributed by atoms with Crippen LogP contribution < -0.4 is 0 Å². The summed E-state index contributed by atoms with van der Waals surface area (Å²) in [6.07, 6.45) is 2.01. The first-order chi connectivity index (χ1) is 8.97. The first-order valence-electron chi connectivity index (χ1n) is 6.25. The van der Waals surface area contributed by atoms with Gasteiger partial charge in [-0.25, -0.2) is 0 Å². The van der Waals surface area contributed by atoms with Gasteiger partial charge in [0.2, 0.25) is 0 Å². The lowest BCUT2D eigenvalue weighted by Gasteiger charge is -2.20.